The van der Waals surface area contributed by atoms with Crippen molar-refractivity contribution < 1.29 is 4.74 Å². The molecule has 0 spiro atoms. The molecule has 1 aliphatic heterocycles. The van der Waals surface area contributed by atoms with Crippen LogP contribution < -0.4 is 10.3 Å². The fourth-order valence-electron chi connectivity index (χ4n) is 4.51. The van der Waals surface area contributed by atoms with Gasteiger partial charge in [0.05, 0.1) is 37.0 Å². The zero-order chi connectivity index (χ0) is 24.7. The third-order valence-electron chi connectivity index (χ3n) is 6.60. The number of pyridine rings is 1. The Bertz CT molecular complexity index is 1310. The highest BCUT2D eigenvalue weighted by Gasteiger charge is 2.19. The molecule has 8 heteroatoms. The summed E-state index contributed by atoms with van der Waals surface area (Å²) < 4.78 is 7.40. The number of hydrogen-bond acceptors (Lipinski definition) is 7. The molecular weight excluding hydrogens is 450 g/mol. The molecule has 1 saturated heterocycles. The van der Waals surface area contributed by atoms with Gasteiger partial charge in [-0.15, -0.1) is 5.10 Å². The topological polar surface area (TPSA) is 79.9 Å². The van der Waals surface area contributed by atoms with Crippen molar-refractivity contribution in [3.8, 4) is 11.3 Å². The lowest BCUT2D eigenvalue weighted by Crippen LogP contribution is -2.36. The van der Waals surface area contributed by atoms with Crippen LogP contribution in [0, 0.1) is 0 Å². The number of nitrogens with zero attached hydrogens (tertiary/aromatic N) is 6. The molecule has 4 aromatic rings. The predicted molar refractivity (Wildman–Crippen MR) is 145 cm³/mol. The van der Waals surface area contributed by atoms with Gasteiger partial charge in [-0.05, 0) is 41.7 Å². The van der Waals surface area contributed by atoms with Crippen LogP contribution in [0.3, 0.4) is 0 Å². The van der Waals surface area contributed by atoms with Gasteiger partial charge in [-0.3, -0.25) is 10.4 Å². The summed E-state index contributed by atoms with van der Waals surface area (Å²) in [6, 6.07) is 14.5. The van der Waals surface area contributed by atoms with Crippen molar-refractivity contribution in [3.63, 3.8) is 0 Å². The molecular formula is C28H33N7O. The van der Waals surface area contributed by atoms with Crippen LogP contribution in [0.4, 0.5) is 11.5 Å². The molecule has 36 heavy (non-hydrogen) atoms. The number of ether oxygens (including phenoxy) is 1. The molecule has 4 heterocycles. The van der Waals surface area contributed by atoms with E-state index in [9.17, 15) is 0 Å². The van der Waals surface area contributed by atoms with Crippen LogP contribution in [0.1, 0.15) is 50.2 Å². The van der Waals surface area contributed by atoms with E-state index in [1.807, 2.05) is 35.1 Å². The monoisotopic (exact) mass is 483 g/mol. The molecule has 5 rings (SSSR count). The molecule has 3 aromatic heterocycles. The molecule has 1 aromatic carbocycles. The first-order valence-electron chi connectivity index (χ1n) is 12.7. The van der Waals surface area contributed by atoms with Gasteiger partial charge in [-0.25, -0.2) is 9.50 Å². The van der Waals surface area contributed by atoms with Gasteiger partial charge in [0.15, 0.2) is 11.5 Å². The number of nitrogens with one attached hydrogen (secondary N) is 1. The van der Waals surface area contributed by atoms with E-state index in [1.165, 1.54) is 24.8 Å². The Kier molecular flexibility index (Phi) is 7.52. The van der Waals surface area contributed by atoms with Gasteiger partial charge >= 0.3 is 0 Å². The van der Waals surface area contributed by atoms with Crippen LogP contribution in [-0.2, 0) is 4.74 Å². The first kappa shape index (κ1) is 23.9. The molecule has 0 saturated carbocycles. The number of hydrogen-bond donors (Lipinski definition) is 1. The van der Waals surface area contributed by atoms with Gasteiger partial charge in [0, 0.05) is 37.1 Å². The summed E-state index contributed by atoms with van der Waals surface area (Å²) in [6.07, 6.45) is 11.0. The second-order valence-electron chi connectivity index (χ2n) is 9.23. The SMILES string of the molecule is CCCCC(C)c1cccc(/C=N/Nc2cc(N3CCOCC3)c3nc(-c4ccncc4)cn3n2)c1. The molecule has 0 bridgehead atoms. The largest absolute Gasteiger partial charge is 0.378 e. The van der Waals surface area contributed by atoms with E-state index in [0.29, 0.717) is 24.9 Å². The Balaban J connectivity index is 1.41. The van der Waals surface area contributed by atoms with Crippen molar-refractivity contribution in [2.75, 3.05) is 36.6 Å². The summed E-state index contributed by atoms with van der Waals surface area (Å²) in [7, 11) is 0. The van der Waals surface area contributed by atoms with Crippen LogP contribution in [-0.4, -0.2) is 52.1 Å². The maximum absolute atomic E-state index is 5.57. The van der Waals surface area contributed by atoms with Crippen LogP contribution in [0.5, 0.6) is 0 Å². The number of benzene rings is 1. The molecule has 1 N–H and O–H groups in total. The highest BCUT2D eigenvalue weighted by molar-refractivity contribution is 5.81. The maximum atomic E-state index is 5.57. The third-order valence-corrected chi connectivity index (χ3v) is 6.60. The first-order valence-corrected chi connectivity index (χ1v) is 12.7. The van der Waals surface area contributed by atoms with Crippen LogP contribution >= 0.6 is 0 Å². The highest BCUT2D eigenvalue weighted by atomic mass is 16.5. The Morgan fingerprint density at radius 3 is 2.78 bits per heavy atom. The lowest BCUT2D eigenvalue weighted by molar-refractivity contribution is 0.123. The summed E-state index contributed by atoms with van der Waals surface area (Å²) >= 11 is 0. The third kappa shape index (κ3) is 5.54. The van der Waals surface area contributed by atoms with E-state index in [4.69, 9.17) is 14.8 Å². The smallest absolute Gasteiger partial charge is 0.177 e. The van der Waals surface area contributed by atoms with E-state index in [2.05, 4.69) is 58.5 Å². The molecule has 8 nitrogen and oxygen atoms in total. The number of aromatic nitrogens is 4. The molecule has 0 amide bonds. The van der Waals surface area contributed by atoms with Crippen molar-refractivity contribution in [2.24, 2.45) is 5.10 Å². The van der Waals surface area contributed by atoms with Gasteiger partial charge in [0.1, 0.15) is 0 Å². The maximum Gasteiger partial charge on any atom is 0.177 e. The minimum Gasteiger partial charge on any atom is -0.378 e. The quantitative estimate of drug-likeness (QED) is 0.255. The normalized spacial score (nSPS) is 15.0. The minimum absolute atomic E-state index is 0.544. The van der Waals surface area contributed by atoms with Crippen LogP contribution in [0.15, 0.2) is 66.2 Å². The van der Waals surface area contributed by atoms with Crippen LogP contribution in [0.2, 0.25) is 0 Å². The van der Waals surface area contributed by atoms with E-state index in [1.54, 1.807) is 12.4 Å². The van der Waals surface area contributed by atoms with Gasteiger partial charge in [-0.2, -0.15) is 5.10 Å². The second-order valence-corrected chi connectivity index (χ2v) is 9.23. The Hall–Kier alpha value is -3.78. The number of imidazole rings is 1. The van der Waals surface area contributed by atoms with Crippen molar-refractivity contribution in [1.82, 2.24) is 19.6 Å². The van der Waals surface area contributed by atoms with Gasteiger partial charge in [-0.1, -0.05) is 44.9 Å². The summed E-state index contributed by atoms with van der Waals surface area (Å²) in [4.78, 5) is 11.3. The summed E-state index contributed by atoms with van der Waals surface area (Å²) in [5.41, 5.74) is 9.24. The molecule has 0 radical (unpaired) electrons. The second kappa shape index (κ2) is 11.3. The lowest BCUT2D eigenvalue weighted by Gasteiger charge is -2.29. The summed E-state index contributed by atoms with van der Waals surface area (Å²) in [5.74, 6) is 1.20. The van der Waals surface area contributed by atoms with E-state index in [-0.39, 0.29) is 0 Å². The molecule has 1 atom stereocenters. The molecule has 0 aliphatic carbocycles. The van der Waals surface area contributed by atoms with E-state index < -0.39 is 0 Å². The number of unbranched alkanes of at least 4 members (excludes halogenated alkanes) is 1. The average Bonchev–Trinajstić information content (AvgIpc) is 3.37. The average molecular weight is 484 g/mol. The highest BCUT2D eigenvalue weighted by Crippen LogP contribution is 2.28. The molecule has 1 fully saturated rings. The predicted octanol–water partition coefficient (Wildman–Crippen LogP) is 5.37. The van der Waals surface area contributed by atoms with Crippen molar-refractivity contribution in [1.29, 1.82) is 0 Å². The first-order chi connectivity index (χ1) is 17.7. The molecule has 1 aliphatic rings. The fraction of sp³-hybridized carbons (Fsp3) is 0.357. The summed E-state index contributed by atoms with van der Waals surface area (Å²) in [6.45, 7) is 7.54. The van der Waals surface area contributed by atoms with Crippen molar-refractivity contribution in [2.45, 2.75) is 39.0 Å². The minimum atomic E-state index is 0.544. The summed E-state index contributed by atoms with van der Waals surface area (Å²) in [5, 5.41) is 9.25. The molecule has 1 unspecified atom stereocenters. The number of rotatable bonds is 9. The number of hydrazone groups is 1. The van der Waals surface area contributed by atoms with Crippen molar-refractivity contribution in [3.05, 3.63) is 72.2 Å². The number of anilines is 2. The zero-order valence-corrected chi connectivity index (χ0v) is 21.0. The Morgan fingerprint density at radius 2 is 1.97 bits per heavy atom. The van der Waals surface area contributed by atoms with Gasteiger partial charge < -0.3 is 9.64 Å². The Morgan fingerprint density at radius 1 is 1.14 bits per heavy atom. The molecule has 186 valence electrons. The van der Waals surface area contributed by atoms with Crippen LogP contribution in [0.25, 0.3) is 16.9 Å². The van der Waals surface area contributed by atoms with E-state index in [0.717, 1.165) is 41.2 Å². The Labute approximate surface area is 212 Å². The van der Waals surface area contributed by atoms with Gasteiger partial charge in [0.25, 0.3) is 0 Å². The van der Waals surface area contributed by atoms with E-state index >= 15 is 0 Å². The number of fused-ring (bicyclic) bond motifs is 1. The fourth-order valence-corrected chi connectivity index (χ4v) is 4.51. The van der Waals surface area contributed by atoms with Gasteiger partial charge in [0.2, 0.25) is 0 Å². The standard InChI is InChI=1S/C28H33N7O/c1-3-4-6-21(2)24-8-5-7-22(17-24)19-30-32-27-18-26(34-13-15-36-16-14-34)28-31-25(20-35(28)33-27)23-9-11-29-12-10-23/h5,7-12,17-21H,3-4,6,13-16H2,1-2H3,(H,32,33)/b30-19+. The van der Waals surface area contributed by atoms with Crippen molar-refractivity contribution >= 4 is 23.4 Å². The lowest BCUT2D eigenvalue weighted by atomic mass is 9.94. The zero-order valence-electron chi connectivity index (χ0n) is 21.0. The number of morpholine rings is 1.